The van der Waals surface area contributed by atoms with Crippen LogP contribution in [0.1, 0.15) is 13.8 Å². The third-order valence-electron chi connectivity index (χ3n) is 4.15. The first-order chi connectivity index (χ1) is 13.2. The molecule has 3 aromatic rings. The maximum atomic E-state index is 12.4. The summed E-state index contributed by atoms with van der Waals surface area (Å²) in [5.74, 6) is 2.34. The van der Waals surface area contributed by atoms with Crippen LogP contribution in [0.5, 0.6) is 5.75 Å². The average molecular weight is 386 g/mol. The molecule has 0 saturated carbocycles. The molecule has 0 saturated heterocycles. The van der Waals surface area contributed by atoms with E-state index in [4.69, 9.17) is 9.15 Å². The van der Waals surface area contributed by atoms with E-state index >= 15 is 0 Å². The lowest BCUT2D eigenvalue weighted by Gasteiger charge is -2.18. The number of methoxy groups -OCH3 is 1. The Balaban J connectivity index is 1.93. The summed E-state index contributed by atoms with van der Waals surface area (Å²) in [4.78, 5) is 14.2. The van der Waals surface area contributed by atoms with Gasteiger partial charge in [-0.05, 0) is 50.2 Å². The molecule has 27 heavy (non-hydrogen) atoms. The number of furan rings is 1. The zero-order valence-electron chi connectivity index (χ0n) is 15.6. The van der Waals surface area contributed by atoms with Gasteiger partial charge in [0.2, 0.25) is 11.7 Å². The third-order valence-corrected chi connectivity index (χ3v) is 5.06. The second-order valence-electron chi connectivity index (χ2n) is 5.67. The zero-order valence-corrected chi connectivity index (χ0v) is 16.4. The molecule has 0 aliphatic carbocycles. The molecule has 3 rings (SSSR count). The lowest BCUT2D eigenvalue weighted by atomic mass is 10.3. The van der Waals surface area contributed by atoms with E-state index in [1.54, 1.807) is 24.3 Å². The van der Waals surface area contributed by atoms with Crippen LogP contribution in [0.3, 0.4) is 0 Å². The van der Waals surface area contributed by atoms with Gasteiger partial charge in [0.15, 0.2) is 10.9 Å². The highest BCUT2D eigenvalue weighted by Gasteiger charge is 2.20. The quantitative estimate of drug-likeness (QED) is 0.552. The van der Waals surface area contributed by atoms with Crippen molar-refractivity contribution in [3.05, 3.63) is 42.7 Å². The van der Waals surface area contributed by atoms with Crippen molar-refractivity contribution in [1.82, 2.24) is 19.7 Å². The topological polar surface area (TPSA) is 73.4 Å². The van der Waals surface area contributed by atoms with Crippen LogP contribution >= 0.6 is 11.8 Å². The Morgan fingerprint density at radius 2 is 1.93 bits per heavy atom. The molecule has 0 unspecified atom stereocenters. The van der Waals surface area contributed by atoms with Crippen LogP contribution in [0, 0.1) is 0 Å². The summed E-state index contributed by atoms with van der Waals surface area (Å²) in [7, 11) is 1.63. The van der Waals surface area contributed by atoms with Crippen molar-refractivity contribution in [2.75, 3.05) is 26.0 Å². The van der Waals surface area contributed by atoms with E-state index in [-0.39, 0.29) is 5.91 Å². The van der Waals surface area contributed by atoms with Crippen LogP contribution in [0.2, 0.25) is 0 Å². The number of hydrogen-bond donors (Lipinski definition) is 0. The summed E-state index contributed by atoms with van der Waals surface area (Å²) >= 11 is 1.36. The van der Waals surface area contributed by atoms with Crippen LogP contribution in [0.4, 0.5) is 0 Å². The summed E-state index contributed by atoms with van der Waals surface area (Å²) in [6, 6.07) is 11.2. The van der Waals surface area contributed by atoms with Gasteiger partial charge in [0.25, 0.3) is 0 Å². The number of hydrogen-bond acceptors (Lipinski definition) is 6. The highest BCUT2D eigenvalue weighted by Crippen LogP contribution is 2.29. The molecule has 2 heterocycles. The second kappa shape index (κ2) is 8.77. The number of carbonyl (C=O) groups excluding carboxylic acids is 1. The Hall–Kier alpha value is -2.74. The highest BCUT2D eigenvalue weighted by molar-refractivity contribution is 7.99. The maximum Gasteiger partial charge on any atom is 0.233 e. The molecule has 0 spiro atoms. The predicted octanol–water partition coefficient (Wildman–Crippen LogP) is 3.50. The van der Waals surface area contributed by atoms with Gasteiger partial charge in [0.1, 0.15) is 5.75 Å². The van der Waals surface area contributed by atoms with Gasteiger partial charge in [-0.3, -0.25) is 9.36 Å². The SMILES string of the molecule is CCN(CC)C(=O)CSc1nnc(-c2ccco2)n1-c1ccc(OC)cc1. The summed E-state index contributed by atoms with van der Waals surface area (Å²) < 4.78 is 12.6. The van der Waals surface area contributed by atoms with Crippen molar-refractivity contribution in [1.29, 1.82) is 0 Å². The highest BCUT2D eigenvalue weighted by atomic mass is 32.2. The van der Waals surface area contributed by atoms with E-state index in [0.29, 0.717) is 35.6 Å². The van der Waals surface area contributed by atoms with Crippen LogP contribution in [-0.4, -0.2) is 51.5 Å². The first kappa shape index (κ1) is 19.0. The van der Waals surface area contributed by atoms with E-state index in [9.17, 15) is 4.79 Å². The van der Waals surface area contributed by atoms with Crippen molar-refractivity contribution in [3.63, 3.8) is 0 Å². The van der Waals surface area contributed by atoms with Gasteiger partial charge in [-0.2, -0.15) is 0 Å². The van der Waals surface area contributed by atoms with Crippen LogP contribution < -0.4 is 4.74 Å². The van der Waals surface area contributed by atoms with Crippen LogP contribution in [-0.2, 0) is 4.79 Å². The van der Waals surface area contributed by atoms with Crippen LogP contribution in [0.15, 0.2) is 52.2 Å². The van der Waals surface area contributed by atoms with Gasteiger partial charge in [-0.25, -0.2) is 0 Å². The molecule has 2 aromatic heterocycles. The Bertz CT molecular complexity index is 871. The fraction of sp³-hybridized carbons (Fsp3) is 0.316. The number of benzene rings is 1. The minimum Gasteiger partial charge on any atom is -0.497 e. The van der Waals surface area contributed by atoms with E-state index in [0.717, 1.165) is 11.4 Å². The number of amides is 1. The summed E-state index contributed by atoms with van der Waals surface area (Å²) in [5.41, 5.74) is 0.866. The molecule has 0 fully saturated rings. The first-order valence-corrected chi connectivity index (χ1v) is 9.70. The van der Waals surface area contributed by atoms with E-state index < -0.39 is 0 Å². The Morgan fingerprint density at radius 3 is 2.52 bits per heavy atom. The smallest absolute Gasteiger partial charge is 0.233 e. The lowest BCUT2D eigenvalue weighted by molar-refractivity contribution is -0.127. The monoisotopic (exact) mass is 386 g/mol. The van der Waals surface area contributed by atoms with Crippen molar-refractivity contribution >= 4 is 17.7 Å². The maximum absolute atomic E-state index is 12.4. The standard InChI is InChI=1S/C19H22N4O3S/c1-4-22(5-2)17(24)13-27-19-21-20-18(16-7-6-12-26-16)23(19)14-8-10-15(25-3)11-9-14/h6-12H,4-5,13H2,1-3H3. The van der Waals surface area contributed by atoms with Crippen LogP contribution in [0.25, 0.3) is 17.3 Å². The Kier molecular flexibility index (Phi) is 6.18. The molecule has 142 valence electrons. The molecule has 0 aliphatic heterocycles. The molecule has 0 N–H and O–H groups in total. The number of ether oxygens (including phenoxy) is 1. The van der Waals surface area contributed by atoms with Crippen molar-refractivity contribution in [2.24, 2.45) is 0 Å². The van der Waals surface area contributed by atoms with E-state index in [2.05, 4.69) is 10.2 Å². The average Bonchev–Trinajstić information content (AvgIpc) is 3.37. The van der Waals surface area contributed by atoms with Crippen molar-refractivity contribution < 1.29 is 13.9 Å². The minimum absolute atomic E-state index is 0.0776. The molecule has 0 atom stereocenters. The van der Waals surface area contributed by atoms with Crippen molar-refractivity contribution in [3.8, 4) is 23.0 Å². The van der Waals surface area contributed by atoms with Crippen molar-refractivity contribution in [2.45, 2.75) is 19.0 Å². The molecule has 1 aromatic carbocycles. The molecule has 0 radical (unpaired) electrons. The van der Waals surface area contributed by atoms with Gasteiger partial charge >= 0.3 is 0 Å². The first-order valence-electron chi connectivity index (χ1n) is 8.72. The Morgan fingerprint density at radius 1 is 1.19 bits per heavy atom. The molecule has 7 nitrogen and oxygen atoms in total. The molecular weight excluding hydrogens is 364 g/mol. The van der Waals surface area contributed by atoms with Gasteiger partial charge < -0.3 is 14.1 Å². The number of thioether (sulfide) groups is 1. The predicted molar refractivity (Wildman–Crippen MR) is 104 cm³/mol. The Labute approximate surface area is 162 Å². The third kappa shape index (κ3) is 4.16. The van der Waals surface area contributed by atoms with Gasteiger partial charge in [0.05, 0.1) is 24.8 Å². The molecule has 8 heteroatoms. The fourth-order valence-electron chi connectivity index (χ4n) is 2.69. The minimum atomic E-state index is 0.0776. The zero-order chi connectivity index (χ0) is 19.2. The number of rotatable bonds is 8. The van der Waals surface area contributed by atoms with Gasteiger partial charge in [0, 0.05) is 13.1 Å². The van der Waals surface area contributed by atoms with Gasteiger partial charge in [-0.15, -0.1) is 10.2 Å². The molecule has 1 amide bonds. The molecule has 0 aliphatic rings. The second-order valence-corrected chi connectivity index (χ2v) is 6.61. The molecule has 0 bridgehead atoms. The molecular formula is C19H22N4O3S. The van der Waals surface area contributed by atoms with E-state index in [1.807, 2.05) is 48.7 Å². The lowest BCUT2D eigenvalue weighted by Crippen LogP contribution is -2.31. The largest absolute Gasteiger partial charge is 0.497 e. The number of aromatic nitrogens is 3. The normalized spacial score (nSPS) is 10.8. The fourth-order valence-corrected chi connectivity index (χ4v) is 3.54. The summed E-state index contributed by atoms with van der Waals surface area (Å²) in [6.07, 6.45) is 1.60. The number of nitrogens with zero attached hydrogens (tertiary/aromatic N) is 4. The number of carbonyl (C=O) groups is 1. The summed E-state index contributed by atoms with van der Waals surface area (Å²) in [5, 5.41) is 9.20. The summed E-state index contributed by atoms with van der Waals surface area (Å²) in [6.45, 7) is 5.33. The van der Waals surface area contributed by atoms with E-state index in [1.165, 1.54) is 11.8 Å². The van der Waals surface area contributed by atoms with Gasteiger partial charge in [-0.1, -0.05) is 11.8 Å².